The number of hydrogen-bond donors (Lipinski definition) is 1. The molecule has 1 rings (SSSR count). The van der Waals surface area contributed by atoms with Crippen molar-refractivity contribution in [1.29, 1.82) is 0 Å². The van der Waals surface area contributed by atoms with Gasteiger partial charge in [-0.25, -0.2) is 4.79 Å². The molecule has 118 valence electrons. The van der Waals surface area contributed by atoms with E-state index in [0.29, 0.717) is 16.7 Å². The molecule has 0 aromatic heterocycles. The highest BCUT2D eigenvalue weighted by atomic mass is 32.2. The number of carbonyl (C=O) groups is 1. The van der Waals surface area contributed by atoms with Gasteiger partial charge in [0.15, 0.2) is 6.10 Å². The van der Waals surface area contributed by atoms with Gasteiger partial charge in [0, 0.05) is 10.1 Å². The van der Waals surface area contributed by atoms with Crippen molar-refractivity contribution in [3.8, 4) is 11.5 Å². The largest absolute Gasteiger partial charge is 0.496 e. The van der Waals surface area contributed by atoms with Gasteiger partial charge in [0.05, 0.1) is 26.4 Å². The first kappa shape index (κ1) is 17.7. The van der Waals surface area contributed by atoms with Crippen molar-refractivity contribution >= 4 is 17.7 Å². The van der Waals surface area contributed by atoms with E-state index in [-0.39, 0.29) is 12.2 Å². The molecule has 21 heavy (non-hydrogen) atoms. The fourth-order valence-corrected chi connectivity index (χ4v) is 2.76. The molecule has 1 aromatic carbocycles. The van der Waals surface area contributed by atoms with Crippen LogP contribution in [0, 0.1) is 0 Å². The van der Waals surface area contributed by atoms with Gasteiger partial charge < -0.3 is 19.3 Å². The predicted octanol–water partition coefficient (Wildman–Crippen LogP) is 2.80. The molecule has 1 N–H and O–H groups in total. The quantitative estimate of drug-likeness (QED) is 0.617. The van der Waals surface area contributed by atoms with Crippen LogP contribution in [-0.4, -0.2) is 37.2 Å². The maximum Gasteiger partial charge on any atom is 0.339 e. The molecule has 0 radical (unpaired) electrons. The Labute approximate surface area is 129 Å². The van der Waals surface area contributed by atoms with Gasteiger partial charge in [-0.05, 0) is 19.1 Å². The number of methoxy groups -OCH3 is 2. The normalized spacial score (nSPS) is 12.1. The Kier molecular flexibility index (Phi) is 6.84. The number of aliphatic hydroxyl groups excluding tert-OH is 1. The monoisotopic (exact) mass is 314 g/mol. The van der Waals surface area contributed by atoms with Crippen LogP contribution in [0.3, 0.4) is 0 Å². The third-order valence-electron chi connectivity index (χ3n) is 2.67. The van der Waals surface area contributed by atoms with Gasteiger partial charge in [0.25, 0.3) is 0 Å². The van der Waals surface area contributed by atoms with Crippen molar-refractivity contribution in [3.63, 3.8) is 0 Å². The standard InChI is InChI=1S/C15H22O5S/c1-6-20-15(17)14(16)13-11(18-4)7-10(21-9(2)3)8-12(13)19-5/h7-9,14,16H,6H2,1-5H3. The first-order chi connectivity index (χ1) is 9.94. The number of carbonyl (C=O) groups excluding carboxylic acids is 1. The van der Waals surface area contributed by atoms with E-state index in [1.807, 2.05) is 0 Å². The number of benzene rings is 1. The van der Waals surface area contributed by atoms with Crippen molar-refractivity contribution in [2.45, 2.75) is 37.0 Å². The van der Waals surface area contributed by atoms with E-state index in [1.165, 1.54) is 14.2 Å². The predicted molar refractivity (Wildman–Crippen MR) is 82.1 cm³/mol. The third kappa shape index (κ3) is 4.54. The number of thioether (sulfide) groups is 1. The average molecular weight is 314 g/mol. The van der Waals surface area contributed by atoms with Crippen LogP contribution in [0.2, 0.25) is 0 Å². The number of rotatable bonds is 7. The zero-order valence-corrected chi connectivity index (χ0v) is 13.8. The van der Waals surface area contributed by atoms with E-state index in [1.54, 1.807) is 30.8 Å². The second-order valence-corrected chi connectivity index (χ2v) is 6.21. The fraction of sp³-hybridized carbons (Fsp3) is 0.533. The summed E-state index contributed by atoms with van der Waals surface area (Å²) in [7, 11) is 2.97. The fourth-order valence-electron chi connectivity index (χ4n) is 1.86. The van der Waals surface area contributed by atoms with E-state index < -0.39 is 12.1 Å². The third-order valence-corrected chi connectivity index (χ3v) is 3.65. The molecule has 1 unspecified atom stereocenters. The highest BCUT2D eigenvalue weighted by molar-refractivity contribution is 7.99. The van der Waals surface area contributed by atoms with Crippen LogP contribution in [0.25, 0.3) is 0 Å². The first-order valence-electron chi connectivity index (χ1n) is 6.71. The number of ether oxygens (including phenoxy) is 3. The Bertz CT molecular complexity index is 462. The van der Waals surface area contributed by atoms with Crippen LogP contribution >= 0.6 is 11.8 Å². The summed E-state index contributed by atoms with van der Waals surface area (Å²) in [6.45, 7) is 6.03. The van der Waals surface area contributed by atoms with Gasteiger partial charge in [-0.2, -0.15) is 0 Å². The van der Waals surface area contributed by atoms with E-state index >= 15 is 0 Å². The zero-order valence-electron chi connectivity index (χ0n) is 13.0. The van der Waals surface area contributed by atoms with E-state index in [4.69, 9.17) is 14.2 Å². The lowest BCUT2D eigenvalue weighted by Gasteiger charge is -2.19. The smallest absolute Gasteiger partial charge is 0.339 e. The molecule has 0 spiro atoms. The molecule has 0 saturated carbocycles. The summed E-state index contributed by atoms with van der Waals surface area (Å²) in [6.07, 6.45) is -1.44. The Morgan fingerprint density at radius 3 is 2.14 bits per heavy atom. The lowest BCUT2D eigenvalue weighted by molar-refractivity contribution is -0.153. The summed E-state index contributed by atoms with van der Waals surface area (Å²) < 4.78 is 15.4. The lowest BCUT2D eigenvalue weighted by atomic mass is 10.1. The van der Waals surface area contributed by atoms with Crippen molar-refractivity contribution in [1.82, 2.24) is 0 Å². The second kappa shape index (κ2) is 8.14. The first-order valence-corrected chi connectivity index (χ1v) is 7.59. The molecule has 0 aliphatic rings. The minimum Gasteiger partial charge on any atom is -0.496 e. The van der Waals surface area contributed by atoms with E-state index in [2.05, 4.69) is 13.8 Å². The number of esters is 1. The van der Waals surface area contributed by atoms with Crippen LogP contribution in [0.1, 0.15) is 32.4 Å². The summed E-state index contributed by atoms with van der Waals surface area (Å²) in [6, 6.07) is 3.57. The van der Waals surface area contributed by atoms with Gasteiger partial charge in [-0.3, -0.25) is 0 Å². The Morgan fingerprint density at radius 2 is 1.76 bits per heavy atom. The molecule has 0 amide bonds. The Morgan fingerprint density at radius 1 is 1.24 bits per heavy atom. The molecular weight excluding hydrogens is 292 g/mol. The zero-order chi connectivity index (χ0) is 16.0. The average Bonchev–Trinajstić information content (AvgIpc) is 2.45. The summed E-state index contributed by atoms with van der Waals surface area (Å²) in [5.41, 5.74) is 0.284. The molecule has 0 heterocycles. The van der Waals surface area contributed by atoms with Crippen LogP contribution in [0.15, 0.2) is 17.0 Å². The number of hydrogen-bond acceptors (Lipinski definition) is 6. The van der Waals surface area contributed by atoms with Gasteiger partial charge in [-0.15, -0.1) is 11.8 Å². The summed E-state index contributed by atoms with van der Waals surface area (Å²) in [5, 5.41) is 10.6. The molecule has 6 heteroatoms. The minimum atomic E-state index is -1.44. The molecule has 0 fully saturated rings. The summed E-state index contributed by atoms with van der Waals surface area (Å²) in [4.78, 5) is 12.7. The number of aliphatic hydroxyl groups is 1. The maximum atomic E-state index is 11.8. The molecule has 1 aromatic rings. The van der Waals surface area contributed by atoms with E-state index in [0.717, 1.165) is 4.90 Å². The molecule has 0 saturated heterocycles. The lowest BCUT2D eigenvalue weighted by Crippen LogP contribution is -2.17. The van der Waals surface area contributed by atoms with Crippen molar-refractivity contribution in [3.05, 3.63) is 17.7 Å². The van der Waals surface area contributed by atoms with Crippen molar-refractivity contribution in [2.24, 2.45) is 0 Å². The molecule has 1 atom stereocenters. The van der Waals surface area contributed by atoms with Crippen LogP contribution in [0.5, 0.6) is 11.5 Å². The van der Waals surface area contributed by atoms with Gasteiger partial charge >= 0.3 is 5.97 Å². The van der Waals surface area contributed by atoms with Crippen LogP contribution in [-0.2, 0) is 9.53 Å². The maximum absolute atomic E-state index is 11.8. The Hall–Kier alpha value is -1.40. The highest BCUT2D eigenvalue weighted by Gasteiger charge is 2.27. The van der Waals surface area contributed by atoms with Crippen LogP contribution in [0.4, 0.5) is 0 Å². The highest BCUT2D eigenvalue weighted by Crippen LogP contribution is 2.39. The van der Waals surface area contributed by atoms with Gasteiger partial charge in [0.1, 0.15) is 11.5 Å². The van der Waals surface area contributed by atoms with Crippen molar-refractivity contribution in [2.75, 3.05) is 20.8 Å². The minimum absolute atomic E-state index is 0.196. The molecule has 0 aliphatic heterocycles. The molecule has 0 aliphatic carbocycles. The summed E-state index contributed by atoms with van der Waals surface area (Å²) >= 11 is 1.64. The van der Waals surface area contributed by atoms with E-state index in [9.17, 15) is 9.90 Å². The van der Waals surface area contributed by atoms with Crippen LogP contribution < -0.4 is 9.47 Å². The molecule has 5 nitrogen and oxygen atoms in total. The SMILES string of the molecule is CCOC(=O)C(O)c1c(OC)cc(SC(C)C)cc1OC. The molecular formula is C15H22O5S. The Balaban J connectivity index is 3.26. The summed E-state index contributed by atoms with van der Waals surface area (Å²) in [5.74, 6) is 0.0782. The molecule has 0 bridgehead atoms. The second-order valence-electron chi connectivity index (χ2n) is 4.56. The topological polar surface area (TPSA) is 65.0 Å². The van der Waals surface area contributed by atoms with Gasteiger partial charge in [0.2, 0.25) is 0 Å². The van der Waals surface area contributed by atoms with Gasteiger partial charge in [-0.1, -0.05) is 13.8 Å². The van der Waals surface area contributed by atoms with Crippen molar-refractivity contribution < 1.29 is 24.1 Å².